The molecule has 2 aromatic carbocycles. The van der Waals surface area contributed by atoms with Gasteiger partial charge in [-0.05, 0) is 69.1 Å². The molecule has 0 spiro atoms. The molecule has 2 atom stereocenters. The lowest BCUT2D eigenvalue weighted by molar-refractivity contribution is 0.00578. The normalized spacial score (nSPS) is 27.3. The summed E-state index contributed by atoms with van der Waals surface area (Å²) in [5.41, 5.74) is 4.70. The fraction of sp³-hybridized carbons (Fsp3) is 0.462. The van der Waals surface area contributed by atoms with Crippen molar-refractivity contribution >= 4 is 18.2 Å². The molecule has 2 saturated heterocycles. The quantitative estimate of drug-likeness (QED) is 0.687. The van der Waals surface area contributed by atoms with Gasteiger partial charge < -0.3 is 9.31 Å². The third-order valence-corrected chi connectivity index (χ3v) is 7.53. The molecule has 3 heterocycles. The first-order chi connectivity index (χ1) is 14.3. The molecule has 0 amide bonds. The number of rotatable bonds is 4. The van der Waals surface area contributed by atoms with Gasteiger partial charge in [-0.2, -0.15) is 0 Å². The van der Waals surface area contributed by atoms with Gasteiger partial charge in [-0.3, -0.25) is 4.90 Å². The summed E-state index contributed by atoms with van der Waals surface area (Å²) < 4.78 is 12.6. The Labute approximate surface area is 181 Å². The third kappa shape index (κ3) is 3.55. The molecule has 3 aliphatic heterocycles. The van der Waals surface area contributed by atoms with Crippen LogP contribution in [0, 0.1) is 0 Å². The van der Waals surface area contributed by atoms with Crippen molar-refractivity contribution in [3.8, 4) is 0 Å². The predicted octanol–water partition coefficient (Wildman–Crippen LogP) is 4.81. The van der Waals surface area contributed by atoms with Gasteiger partial charge in [0.2, 0.25) is 0 Å². The second-order valence-electron chi connectivity index (χ2n) is 10.1. The van der Waals surface area contributed by atoms with Gasteiger partial charge in [0.25, 0.3) is 0 Å². The second-order valence-corrected chi connectivity index (χ2v) is 10.1. The van der Waals surface area contributed by atoms with Crippen LogP contribution in [0.1, 0.15) is 58.1 Å². The predicted molar refractivity (Wildman–Crippen MR) is 124 cm³/mol. The zero-order valence-corrected chi connectivity index (χ0v) is 18.6. The highest BCUT2D eigenvalue weighted by atomic mass is 16.7. The maximum atomic E-state index is 6.28. The van der Waals surface area contributed by atoms with E-state index < -0.39 is 0 Å². The lowest BCUT2D eigenvalue weighted by Gasteiger charge is -2.34. The minimum Gasteiger partial charge on any atom is -0.399 e. The number of hydrogen-bond acceptors (Lipinski definition) is 3. The van der Waals surface area contributed by atoms with E-state index in [1.807, 2.05) is 0 Å². The lowest BCUT2D eigenvalue weighted by atomic mass is 9.77. The van der Waals surface area contributed by atoms with E-state index in [1.165, 1.54) is 29.5 Å². The Balaban J connectivity index is 1.36. The van der Waals surface area contributed by atoms with Crippen LogP contribution in [0.25, 0.3) is 5.57 Å². The van der Waals surface area contributed by atoms with E-state index in [1.54, 1.807) is 0 Å². The Kier molecular flexibility index (Phi) is 4.92. The summed E-state index contributed by atoms with van der Waals surface area (Å²) in [5.74, 6) is 0. The minimum atomic E-state index is -0.311. The molecular formula is C26H32BNO2. The Morgan fingerprint density at radius 2 is 1.67 bits per heavy atom. The van der Waals surface area contributed by atoms with Crippen LogP contribution >= 0.6 is 0 Å². The van der Waals surface area contributed by atoms with Gasteiger partial charge in [-0.1, -0.05) is 60.7 Å². The Bertz CT molecular complexity index is 937. The van der Waals surface area contributed by atoms with Crippen molar-refractivity contribution in [3.63, 3.8) is 0 Å². The fourth-order valence-electron chi connectivity index (χ4n) is 5.04. The van der Waals surface area contributed by atoms with Crippen LogP contribution in [0.3, 0.4) is 0 Å². The number of hydrogen-bond donors (Lipinski definition) is 0. The highest BCUT2D eigenvalue weighted by molar-refractivity contribution is 6.62. The average molecular weight is 401 g/mol. The molecule has 5 rings (SSSR count). The fourth-order valence-corrected chi connectivity index (χ4v) is 5.04. The smallest absolute Gasteiger partial charge is 0.399 e. The van der Waals surface area contributed by atoms with Crippen LogP contribution in [0.15, 0.2) is 60.7 Å². The maximum absolute atomic E-state index is 6.28. The van der Waals surface area contributed by atoms with E-state index in [-0.39, 0.29) is 18.3 Å². The topological polar surface area (TPSA) is 21.7 Å². The molecule has 2 bridgehead atoms. The van der Waals surface area contributed by atoms with Crippen LogP contribution in [-0.2, 0) is 15.9 Å². The highest BCUT2D eigenvalue weighted by Crippen LogP contribution is 2.40. The SMILES string of the molecule is CC1(C)OB(c2cccc(C3=CC4CCC(C3)N4Cc3ccccc3)c2)OC1(C)C. The molecule has 3 aliphatic rings. The molecule has 3 nitrogen and oxygen atoms in total. The summed E-state index contributed by atoms with van der Waals surface area (Å²) in [7, 11) is -0.301. The van der Waals surface area contributed by atoms with Crippen LogP contribution in [0.2, 0.25) is 0 Å². The van der Waals surface area contributed by atoms with Crippen LogP contribution in [0.5, 0.6) is 0 Å². The lowest BCUT2D eigenvalue weighted by Crippen LogP contribution is -2.41. The standard InChI is InChI=1S/C26H32BNO2/c1-25(2)26(3,4)30-27(29-25)22-12-8-11-20(15-22)21-16-23-13-14-24(17-21)28(23)18-19-9-6-5-7-10-19/h5-12,15-16,23-24H,13-14,17-18H2,1-4H3. The molecule has 2 unspecified atom stereocenters. The average Bonchev–Trinajstić information content (AvgIpc) is 3.08. The highest BCUT2D eigenvalue weighted by Gasteiger charge is 2.51. The first-order valence-electron chi connectivity index (χ1n) is 11.3. The van der Waals surface area contributed by atoms with E-state index in [0.717, 1.165) is 18.4 Å². The molecule has 156 valence electrons. The monoisotopic (exact) mass is 401 g/mol. The molecule has 0 saturated carbocycles. The number of fused-ring (bicyclic) bond motifs is 2. The van der Waals surface area contributed by atoms with Gasteiger partial charge >= 0.3 is 7.12 Å². The van der Waals surface area contributed by atoms with E-state index in [2.05, 4.69) is 93.3 Å². The minimum absolute atomic E-state index is 0.301. The molecule has 0 aliphatic carbocycles. The van der Waals surface area contributed by atoms with Crippen molar-refractivity contribution in [2.45, 2.75) is 76.8 Å². The first kappa shape index (κ1) is 20.1. The van der Waals surface area contributed by atoms with Crippen LogP contribution < -0.4 is 5.46 Å². The first-order valence-corrected chi connectivity index (χ1v) is 11.3. The largest absolute Gasteiger partial charge is 0.494 e. The number of nitrogens with zero attached hydrogens (tertiary/aromatic N) is 1. The Morgan fingerprint density at radius 1 is 0.933 bits per heavy atom. The molecule has 2 aromatic rings. The van der Waals surface area contributed by atoms with Gasteiger partial charge in [0.15, 0.2) is 0 Å². The van der Waals surface area contributed by atoms with E-state index in [0.29, 0.717) is 12.1 Å². The van der Waals surface area contributed by atoms with E-state index in [9.17, 15) is 0 Å². The molecule has 0 radical (unpaired) electrons. The van der Waals surface area contributed by atoms with Crippen molar-refractivity contribution in [2.75, 3.05) is 0 Å². The zero-order chi connectivity index (χ0) is 20.9. The van der Waals surface area contributed by atoms with Gasteiger partial charge in [0.05, 0.1) is 11.2 Å². The van der Waals surface area contributed by atoms with Crippen LogP contribution in [0.4, 0.5) is 0 Å². The summed E-state index contributed by atoms with van der Waals surface area (Å²) in [6, 6.07) is 20.8. The summed E-state index contributed by atoms with van der Waals surface area (Å²) in [5, 5.41) is 0. The Morgan fingerprint density at radius 3 is 2.37 bits per heavy atom. The maximum Gasteiger partial charge on any atom is 0.494 e. The van der Waals surface area contributed by atoms with E-state index in [4.69, 9.17) is 9.31 Å². The summed E-state index contributed by atoms with van der Waals surface area (Å²) in [6.07, 6.45) is 6.18. The molecule has 0 N–H and O–H groups in total. The van der Waals surface area contributed by atoms with Crippen molar-refractivity contribution in [2.24, 2.45) is 0 Å². The van der Waals surface area contributed by atoms with Gasteiger partial charge in [0.1, 0.15) is 0 Å². The van der Waals surface area contributed by atoms with Crippen molar-refractivity contribution in [3.05, 3.63) is 71.8 Å². The third-order valence-electron chi connectivity index (χ3n) is 7.53. The zero-order valence-electron chi connectivity index (χ0n) is 18.6. The number of benzene rings is 2. The molecule has 4 heteroatoms. The van der Waals surface area contributed by atoms with Crippen molar-refractivity contribution < 1.29 is 9.31 Å². The van der Waals surface area contributed by atoms with Crippen molar-refractivity contribution in [1.29, 1.82) is 0 Å². The molecular weight excluding hydrogens is 369 g/mol. The van der Waals surface area contributed by atoms with Gasteiger partial charge in [-0.25, -0.2) is 0 Å². The van der Waals surface area contributed by atoms with Gasteiger partial charge in [0, 0.05) is 18.6 Å². The van der Waals surface area contributed by atoms with E-state index >= 15 is 0 Å². The summed E-state index contributed by atoms with van der Waals surface area (Å²) in [4.78, 5) is 2.69. The molecule has 0 aromatic heterocycles. The summed E-state index contributed by atoms with van der Waals surface area (Å²) >= 11 is 0. The molecule has 30 heavy (non-hydrogen) atoms. The second kappa shape index (κ2) is 7.37. The molecule has 2 fully saturated rings. The van der Waals surface area contributed by atoms with Crippen LogP contribution in [-0.4, -0.2) is 35.3 Å². The van der Waals surface area contributed by atoms with Crippen molar-refractivity contribution in [1.82, 2.24) is 4.90 Å². The summed E-state index contributed by atoms with van der Waals surface area (Å²) in [6.45, 7) is 9.49. The van der Waals surface area contributed by atoms with Gasteiger partial charge in [-0.15, -0.1) is 0 Å². The Hall–Kier alpha value is -1.88.